The van der Waals surface area contributed by atoms with Crippen molar-refractivity contribution in [2.45, 2.75) is 50.7 Å². The molecular weight excluding hydrogens is 375 g/mol. The summed E-state index contributed by atoms with van der Waals surface area (Å²) >= 11 is 0. The molecule has 2 heterocycles. The molecule has 1 fully saturated rings. The van der Waals surface area contributed by atoms with E-state index in [9.17, 15) is 14.3 Å². The minimum atomic E-state index is -0.491. The Morgan fingerprint density at radius 2 is 1.93 bits per heavy atom. The van der Waals surface area contributed by atoms with Gasteiger partial charge in [0.05, 0.1) is 24.3 Å². The van der Waals surface area contributed by atoms with Crippen molar-refractivity contribution in [2.75, 3.05) is 13.2 Å². The first kappa shape index (κ1) is 19.6. The number of halogens is 1. The molecule has 4 rings (SSSR count). The number of rotatable bonds is 5. The van der Waals surface area contributed by atoms with Crippen LogP contribution >= 0.6 is 0 Å². The first-order chi connectivity index (χ1) is 14.1. The number of carbonyl (C=O) groups excluding carboxylic acids is 1. The number of carbonyl (C=O) groups is 1. The van der Waals surface area contributed by atoms with Crippen LogP contribution in [0.2, 0.25) is 0 Å². The summed E-state index contributed by atoms with van der Waals surface area (Å²) in [5.74, 6) is 0.504. The van der Waals surface area contributed by atoms with E-state index in [0.717, 1.165) is 36.8 Å². The molecule has 1 aliphatic heterocycles. The number of aliphatic hydroxyl groups excluding tert-OH is 1. The number of aliphatic hydroxyl groups is 1. The molecule has 1 aliphatic carbocycles. The van der Waals surface area contributed by atoms with Gasteiger partial charge in [-0.25, -0.2) is 9.37 Å². The Hall–Kier alpha value is -2.67. The molecule has 0 spiro atoms. The zero-order valence-electron chi connectivity index (χ0n) is 16.2. The number of aromatic nitrogens is 1. The van der Waals surface area contributed by atoms with Crippen LogP contribution in [0.15, 0.2) is 30.3 Å². The lowest BCUT2D eigenvalue weighted by atomic mass is 9.92. The van der Waals surface area contributed by atoms with Crippen LogP contribution in [0.3, 0.4) is 0 Å². The zero-order valence-corrected chi connectivity index (χ0v) is 16.2. The first-order valence-electron chi connectivity index (χ1n) is 10.1. The number of hydrogen-bond donors (Lipinski definition) is 2. The van der Waals surface area contributed by atoms with Crippen LogP contribution in [-0.2, 0) is 17.6 Å². The van der Waals surface area contributed by atoms with Crippen molar-refractivity contribution in [2.24, 2.45) is 0 Å². The van der Waals surface area contributed by atoms with Crippen LogP contribution in [0, 0.1) is 5.82 Å². The molecule has 2 atom stereocenters. The summed E-state index contributed by atoms with van der Waals surface area (Å²) in [4.78, 5) is 17.0. The van der Waals surface area contributed by atoms with Gasteiger partial charge in [-0.3, -0.25) is 4.79 Å². The van der Waals surface area contributed by atoms with Gasteiger partial charge in [-0.05, 0) is 36.6 Å². The molecule has 1 aromatic heterocycles. The number of fused-ring (bicyclic) bond motifs is 1. The van der Waals surface area contributed by atoms with Gasteiger partial charge in [0, 0.05) is 12.0 Å². The van der Waals surface area contributed by atoms with Gasteiger partial charge in [0.25, 0.3) is 5.88 Å². The monoisotopic (exact) mass is 400 g/mol. The number of hydrogen-bond acceptors (Lipinski definition) is 5. The van der Waals surface area contributed by atoms with E-state index in [1.165, 1.54) is 12.1 Å². The highest BCUT2D eigenvalue weighted by Gasteiger charge is 2.25. The predicted molar refractivity (Wildman–Crippen MR) is 105 cm³/mol. The van der Waals surface area contributed by atoms with Crippen LogP contribution in [0.5, 0.6) is 11.6 Å². The fourth-order valence-electron chi connectivity index (χ4n) is 3.90. The number of nitrogens with zero attached hydrogens (tertiary/aromatic N) is 1. The topological polar surface area (TPSA) is 80.7 Å². The van der Waals surface area contributed by atoms with Gasteiger partial charge >= 0.3 is 0 Å². The van der Waals surface area contributed by atoms with Gasteiger partial charge < -0.3 is 19.9 Å². The maximum Gasteiger partial charge on any atom is 0.257 e. The zero-order chi connectivity index (χ0) is 20.2. The molecule has 6 nitrogen and oxygen atoms in total. The Balaban J connectivity index is 1.52. The third kappa shape index (κ3) is 4.85. The Kier molecular flexibility index (Phi) is 5.94. The Morgan fingerprint density at radius 1 is 1.17 bits per heavy atom. The summed E-state index contributed by atoms with van der Waals surface area (Å²) in [6.45, 7) is 0.838. The van der Waals surface area contributed by atoms with E-state index in [0.29, 0.717) is 37.0 Å². The normalized spacial score (nSPS) is 20.9. The van der Waals surface area contributed by atoms with Crippen LogP contribution in [0.25, 0.3) is 0 Å². The predicted octanol–water partition coefficient (Wildman–Crippen LogP) is 2.54. The van der Waals surface area contributed by atoms with E-state index in [1.54, 1.807) is 12.1 Å². The van der Waals surface area contributed by atoms with Crippen molar-refractivity contribution in [1.29, 1.82) is 0 Å². The Bertz CT molecular complexity index is 872. The minimum absolute atomic E-state index is 0.0935. The van der Waals surface area contributed by atoms with Crippen molar-refractivity contribution in [3.05, 3.63) is 53.0 Å². The Labute approximate surface area is 169 Å². The molecular formula is C22H25FN2O4. The smallest absolute Gasteiger partial charge is 0.257 e. The van der Waals surface area contributed by atoms with Gasteiger partial charge in [-0.1, -0.05) is 25.0 Å². The lowest BCUT2D eigenvalue weighted by Gasteiger charge is -2.28. The van der Waals surface area contributed by atoms with E-state index >= 15 is 0 Å². The lowest BCUT2D eigenvalue weighted by Crippen LogP contribution is -2.45. The van der Waals surface area contributed by atoms with Gasteiger partial charge in [0.2, 0.25) is 5.91 Å². The second-order valence-corrected chi connectivity index (χ2v) is 7.61. The molecule has 1 amide bonds. The maximum absolute atomic E-state index is 13.2. The van der Waals surface area contributed by atoms with Crippen molar-refractivity contribution < 1.29 is 23.8 Å². The van der Waals surface area contributed by atoms with Crippen LogP contribution in [0.4, 0.5) is 4.39 Å². The standard InChI is InChI=1S/C22H25FN2O4/c23-16-7-5-14(6-8-16)11-15-12-17(24-22-21(15)28-9-10-29-22)13-20(27)25-18-3-1-2-4-19(18)26/h5-8,12,18-19,26H,1-4,9-11,13H2,(H,25,27)/t18-,19-/m0/s1. The molecule has 1 aromatic carbocycles. The second-order valence-electron chi connectivity index (χ2n) is 7.61. The third-order valence-corrected chi connectivity index (χ3v) is 5.37. The second kappa shape index (κ2) is 8.78. The number of ether oxygens (including phenoxy) is 2. The van der Waals surface area contributed by atoms with Gasteiger partial charge in [0.15, 0.2) is 5.75 Å². The molecule has 2 aromatic rings. The molecule has 0 unspecified atom stereocenters. The maximum atomic E-state index is 13.2. The SMILES string of the molecule is O=C(Cc1cc(Cc2ccc(F)cc2)c2c(n1)OCCO2)N[C@H]1CCCC[C@@H]1O. The average Bonchev–Trinajstić information content (AvgIpc) is 2.71. The summed E-state index contributed by atoms with van der Waals surface area (Å²) in [6.07, 6.45) is 3.62. The highest BCUT2D eigenvalue weighted by molar-refractivity contribution is 5.78. The first-order valence-corrected chi connectivity index (χ1v) is 10.1. The molecule has 0 saturated heterocycles. The van der Waals surface area contributed by atoms with E-state index in [4.69, 9.17) is 9.47 Å². The summed E-state index contributed by atoms with van der Waals surface area (Å²) < 4.78 is 24.6. The van der Waals surface area contributed by atoms with Crippen LogP contribution in [0.1, 0.15) is 42.5 Å². The molecule has 2 aliphatic rings. The summed E-state index contributed by atoms with van der Waals surface area (Å²) in [5, 5.41) is 13.0. The van der Waals surface area contributed by atoms with E-state index in [2.05, 4.69) is 10.3 Å². The highest BCUT2D eigenvalue weighted by Crippen LogP contribution is 2.34. The molecule has 0 radical (unpaired) electrons. The van der Waals surface area contributed by atoms with E-state index in [1.807, 2.05) is 6.07 Å². The lowest BCUT2D eigenvalue weighted by molar-refractivity contribution is -0.122. The molecule has 2 N–H and O–H groups in total. The van der Waals surface area contributed by atoms with E-state index < -0.39 is 6.10 Å². The van der Waals surface area contributed by atoms with Crippen molar-refractivity contribution >= 4 is 5.91 Å². The number of nitrogens with one attached hydrogen (secondary N) is 1. The summed E-state index contributed by atoms with van der Waals surface area (Å²) in [5.41, 5.74) is 2.35. The highest BCUT2D eigenvalue weighted by atomic mass is 19.1. The molecule has 1 saturated carbocycles. The third-order valence-electron chi connectivity index (χ3n) is 5.37. The van der Waals surface area contributed by atoms with E-state index in [-0.39, 0.29) is 24.2 Å². The average molecular weight is 400 g/mol. The van der Waals surface area contributed by atoms with Crippen molar-refractivity contribution in [3.8, 4) is 11.6 Å². The Morgan fingerprint density at radius 3 is 2.72 bits per heavy atom. The summed E-state index contributed by atoms with van der Waals surface area (Å²) in [7, 11) is 0. The molecule has 7 heteroatoms. The van der Waals surface area contributed by atoms with Gasteiger partial charge in [-0.2, -0.15) is 0 Å². The molecule has 154 valence electrons. The summed E-state index contributed by atoms with van der Waals surface area (Å²) in [6, 6.07) is 7.93. The molecule has 0 bridgehead atoms. The number of amides is 1. The van der Waals surface area contributed by atoms with Crippen molar-refractivity contribution in [3.63, 3.8) is 0 Å². The van der Waals surface area contributed by atoms with Gasteiger partial charge in [-0.15, -0.1) is 0 Å². The quantitative estimate of drug-likeness (QED) is 0.806. The fourth-order valence-corrected chi connectivity index (χ4v) is 3.90. The largest absolute Gasteiger partial charge is 0.484 e. The minimum Gasteiger partial charge on any atom is -0.484 e. The number of benzene rings is 1. The number of pyridine rings is 1. The van der Waals surface area contributed by atoms with Crippen molar-refractivity contribution in [1.82, 2.24) is 10.3 Å². The van der Waals surface area contributed by atoms with Gasteiger partial charge in [0.1, 0.15) is 19.0 Å². The fraction of sp³-hybridized carbons (Fsp3) is 0.455. The van der Waals surface area contributed by atoms with Crippen LogP contribution < -0.4 is 14.8 Å². The molecule has 29 heavy (non-hydrogen) atoms. The van der Waals surface area contributed by atoms with Crippen LogP contribution in [-0.4, -0.2) is 41.4 Å².